The van der Waals surface area contributed by atoms with Crippen LogP contribution in [0.3, 0.4) is 0 Å². The number of halogens is 3. The smallest absolute Gasteiger partial charge is 0.416 e. The van der Waals surface area contributed by atoms with Crippen LogP contribution in [0.4, 0.5) is 13.2 Å². The summed E-state index contributed by atoms with van der Waals surface area (Å²) in [5.41, 5.74) is -0.228. The zero-order valence-corrected chi connectivity index (χ0v) is 15.7. The van der Waals surface area contributed by atoms with E-state index in [1.807, 2.05) is 0 Å². The monoisotopic (exact) mass is 405 g/mol. The summed E-state index contributed by atoms with van der Waals surface area (Å²) < 4.78 is 45.8. The zero-order chi connectivity index (χ0) is 20.8. The molecule has 1 fully saturated rings. The van der Waals surface area contributed by atoms with Crippen molar-refractivity contribution in [3.63, 3.8) is 0 Å². The van der Waals surface area contributed by atoms with Gasteiger partial charge in [0.2, 0.25) is 11.8 Å². The molecule has 2 aromatic heterocycles. The second-order valence-corrected chi connectivity index (χ2v) is 7.28. The van der Waals surface area contributed by atoms with Crippen LogP contribution in [-0.2, 0) is 22.9 Å². The first-order chi connectivity index (χ1) is 13.7. The lowest BCUT2D eigenvalue weighted by Gasteiger charge is -2.14. The lowest BCUT2D eigenvalue weighted by Crippen LogP contribution is -2.32. The van der Waals surface area contributed by atoms with E-state index in [1.165, 1.54) is 12.1 Å². The molecule has 7 nitrogen and oxygen atoms in total. The van der Waals surface area contributed by atoms with Crippen molar-refractivity contribution in [3.05, 3.63) is 53.2 Å². The molecule has 0 unspecified atom stereocenters. The fraction of sp³-hybridized carbons (Fsp3) is 0.368. The van der Waals surface area contributed by atoms with Gasteiger partial charge in [-0.05, 0) is 38.0 Å². The van der Waals surface area contributed by atoms with Crippen molar-refractivity contribution < 1.29 is 22.4 Å². The van der Waals surface area contributed by atoms with E-state index in [2.05, 4.69) is 20.5 Å². The maximum Gasteiger partial charge on any atom is 0.416 e. The second kappa shape index (κ2) is 6.71. The first kappa shape index (κ1) is 19.2. The SMILES string of the molecule is Cc1cn(Cc2ccc(C(F)(F)F)cc2)c(-c2nnc([C@@]3(C)CCNC3=O)o2)n1. The van der Waals surface area contributed by atoms with Crippen molar-refractivity contribution in [2.75, 3.05) is 6.54 Å². The minimum atomic E-state index is -4.38. The van der Waals surface area contributed by atoms with Crippen LogP contribution in [0.2, 0.25) is 0 Å². The van der Waals surface area contributed by atoms with Gasteiger partial charge in [0.05, 0.1) is 11.3 Å². The van der Waals surface area contributed by atoms with Gasteiger partial charge in [-0.2, -0.15) is 13.2 Å². The van der Waals surface area contributed by atoms with Crippen LogP contribution in [0.15, 0.2) is 34.9 Å². The highest BCUT2D eigenvalue weighted by molar-refractivity contribution is 5.88. The Kier molecular flexibility index (Phi) is 4.44. The molecule has 1 saturated heterocycles. The fourth-order valence-electron chi connectivity index (χ4n) is 3.31. The van der Waals surface area contributed by atoms with Gasteiger partial charge in [0, 0.05) is 19.3 Å². The van der Waals surface area contributed by atoms with E-state index in [0.29, 0.717) is 30.0 Å². The van der Waals surface area contributed by atoms with Crippen LogP contribution in [0.5, 0.6) is 0 Å². The number of carbonyl (C=O) groups is 1. The summed E-state index contributed by atoms with van der Waals surface area (Å²) in [4.78, 5) is 16.5. The summed E-state index contributed by atoms with van der Waals surface area (Å²) in [5, 5.41) is 10.8. The fourth-order valence-corrected chi connectivity index (χ4v) is 3.31. The van der Waals surface area contributed by atoms with Crippen molar-refractivity contribution in [1.29, 1.82) is 0 Å². The van der Waals surface area contributed by atoms with Gasteiger partial charge in [0.15, 0.2) is 5.82 Å². The first-order valence-corrected chi connectivity index (χ1v) is 8.99. The molecule has 0 spiro atoms. The van der Waals surface area contributed by atoms with E-state index < -0.39 is 17.2 Å². The molecule has 1 aromatic carbocycles. The van der Waals surface area contributed by atoms with Crippen LogP contribution in [0.1, 0.15) is 36.1 Å². The molecule has 1 atom stereocenters. The van der Waals surface area contributed by atoms with Crippen LogP contribution in [0, 0.1) is 6.92 Å². The Bertz CT molecular complexity index is 1050. The van der Waals surface area contributed by atoms with Gasteiger partial charge in [0.1, 0.15) is 5.41 Å². The molecule has 1 amide bonds. The number of nitrogens with one attached hydrogen (secondary N) is 1. The van der Waals surface area contributed by atoms with Gasteiger partial charge in [-0.15, -0.1) is 10.2 Å². The van der Waals surface area contributed by atoms with Crippen molar-refractivity contribution in [1.82, 2.24) is 25.1 Å². The highest BCUT2D eigenvalue weighted by Gasteiger charge is 2.44. The summed E-state index contributed by atoms with van der Waals surface area (Å²) in [6, 6.07) is 4.93. The predicted octanol–water partition coefficient (Wildman–Crippen LogP) is 3.09. The molecule has 0 saturated carbocycles. The molecule has 0 radical (unpaired) electrons. The Morgan fingerprint density at radius 1 is 1.24 bits per heavy atom. The number of hydrogen-bond donors (Lipinski definition) is 1. The van der Waals surface area contributed by atoms with Crippen molar-refractivity contribution in [2.45, 2.75) is 38.4 Å². The molecule has 1 aliphatic rings. The number of nitrogens with zero attached hydrogens (tertiary/aromatic N) is 4. The van der Waals surface area contributed by atoms with Gasteiger partial charge in [-0.1, -0.05) is 12.1 Å². The Morgan fingerprint density at radius 3 is 2.59 bits per heavy atom. The summed E-state index contributed by atoms with van der Waals surface area (Å²) in [6.07, 6.45) is -2.08. The molecule has 0 aliphatic carbocycles. The molecule has 3 aromatic rings. The maximum atomic E-state index is 12.8. The third kappa shape index (κ3) is 3.50. The normalized spacial score (nSPS) is 19.6. The van der Waals surface area contributed by atoms with E-state index in [1.54, 1.807) is 24.6 Å². The van der Waals surface area contributed by atoms with Gasteiger partial charge in [-0.25, -0.2) is 4.98 Å². The number of hydrogen-bond acceptors (Lipinski definition) is 5. The number of rotatable bonds is 4. The van der Waals surface area contributed by atoms with Crippen LogP contribution >= 0.6 is 0 Å². The lowest BCUT2D eigenvalue weighted by atomic mass is 9.89. The number of alkyl halides is 3. The van der Waals surface area contributed by atoms with Gasteiger partial charge >= 0.3 is 6.18 Å². The molecular weight excluding hydrogens is 387 g/mol. The van der Waals surface area contributed by atoms with E-state index in [4.69, 9.17) is 4.42 Å². The standard InChI is InChI=1S/C19H18F3N5O2/c1-11-9-27(10-12-3-5-13(6-4-12)19(20,21)22)14(24-11)15-25-26-17(29-15)18(2)7-8-23-16(18)28/h3-6,9H,7-8,10H2,1-2H3,(H,23,28)/t18-/m0/s1. The molecule has 3 heterocycles. The van der Waals surface area contributed by atoms with E-state index in [0.717, 1.165) is 12.1 Å². The number of aromatic nitrogens is 4. The Hall–Kier alpha value is -3.17. The minimum Gasteiger partial charge on any atom is -0.417 e. The summed E-state index contributed by atoms with van der Waals surface area (Å²) >= 11 is 0. The average molecular weight is 405 g/mol. The highest BCUT2D eigenvalue weighted by Crippen LogP contribution is 2.32. The first-order valence-electron chi connectivity index (χ1n) is 8.99. The Morgan fingerprint density at radius 2 is 1.97 bits per heavy atom. The number of benzene rings is 1. The quantitative estimate of drug-likeness (QED) is 0.721. The lowest BCUT2D eigenvalue weighted by molar-refractivity contribution is -0.137. The molecule has 0 bridgehead atoms. The number of imidazole rings is 1. The average Bonchev–Trinajstić information content (AvgIpc) is 3.35. The van der Waals surface area contributed by atoms with Crippen LogP contribution in [-0.4, -0.2) is 32.2 Å². The van der Waals surface area contributed by atoms with Crippen molar-refractivity contribution in [3.8, 4) is 11.7 Å². The van der Waals surface area contributed by atoms with Crippen molar-refractivity contribution in [2.24, 2.45) is 0 Å². The zero-order valence-electron chi connectivity index (χ0n) is 15.7. The summed E-state index contributed by atoms with van der Waals surface area (Å²) in [5.74, 6) is 0.588. The molecule has 4 rings (SSSR count). The van der Waals surface area contributed by atoms with E-state index >= 15 is 0 Å². The Labute approximate surface area is 164 Å². The molecule has 152 valence electrons. The van der Waals surface area contributed by atoms with E-state index in [9.17, 15) is 18.0 Å². The topological polar surface area (TPSA) is 85.8 Å². The molecule has 1 N–H and O–H groups in total. The van der Waals surface area contributed by atoms with Crippen molar-refractivity contribution >= 4 is 5.91 Å². The predicted molar refractivity (Wildman–Crippen MR) is 95.8 cm³/mol. The molecular formula is C19H18F3N5O2. The maximum absolute atomic E-state index is 12.8. The molecule has 10 heteroatoms. The number of aryl methyl sites for hydroxylation is 1. The summed E-state index contributed by atoms with van der Waals surface area (Å²) in [7, 11) is 0. The highest BCUT2D eigenvalue weighted by atomic mass is 19.4. The van der Waals surface area contributed by atoms with E-state index in [-0.39, 0.29) is 24.2 Å². The van der Waals surface area contributed by atoms with Crippen LogP contribution in [0.25, 0.3) is 11.7 Å². The van der Waals surface area contributed by atoms with Gasteiger partial charge in [0.25, 0.3) is 5.89 Å². The minimum absolute atomic E-state index is 0.154. The molecule has 1 aliphatic heterocycles. The van der Waals surface area contributed by atoms with Gasteiger partial charge < -0.3 is 14.3 Å². The number of carbonyl (C=O) groups excluding carboxylic acids is 1. The molecule has 29 heavy (non-hydrogen) atoms. The Balaban J connectivity index is 1.62. The third-order valence-electron chi connectivity index (χ3n) is 5.03. The third-order valence-corrected chi connectivity index (χ3v) is 5.03. The largest absolute Gasteiger partial charge is 0.417 e. The number of amides is 1. The van der Waals surface area contributed by atoms with Gasteiger partial charge in [-0.3, -0.25) is 4.79 Å². The summed E-state index contributed by atoms with van der Waals surface area (Å²) in [6.45, 7) is 4.35. The second-order valence-electron chi connectivity index (χ2n) is 7.28. The van der Waals surface area contributed by atoms with Crippen LogP contribution < -0.4 is 5.32 Å².